The highest BCUT2D eigenvalue weighted by Crippen LogP contribution is 2.41. The zero-order chi connectivity index (χ0) is 19.5. The highest BCUT2D eigenvalue weighted by atomic mass is 19.1. The van der Waals surface area contributed by atoms with Gasteiger partial charge in [-0.2, -0.15) is 5.01 Å². The van der Waals surface area contributed by atoms with Gasteiger partial charge in [0.25, 0.3) is 5.91 Å². The van der Waals surface area contributed by atoms with E-state index < -0.39 is 5.91 Å². The highest BCUT2D eigenvalue weighted by molar-refractivity contribution is 5.92. The summed E-state index contributed by atoms with van der Waals surface area (Å²) >= 11 is 0. The van der Waals surface area contributed by atoms with Gasteiger partial charge in [-0.05, 0) is 49.4 Å². The Kier molecular flexibility index (Phi) is 5.61. The van der Waals surface area contributed by atoms with Gasteiger partial charge in [-0.15, -0.1) is 5.17 Å². The van der Waals surface area contributed by atoms with Crippen LogP contribution in [-0.4, -0.2) is 56.9 Å². The minimum absolute atomic E-state index is 0.197. The number of carbonyl (C=O) groups is 1. The van der Waals surface area contributed by atoms with Gasteiger partial charge in [0.1, 0.15) is 12.1 Å². The number of rotatable bonds is 6. The fourth-order valence-corrected chi connectivity index (χ4v) is 3.78. The fraction of sp³-hybridized carbons (Fsp3) is 0.450. The van der Waals surface area contributed by atoms with E-state index in [0.29, 0.717) is 36.1 Å². The molecule has 2 aliphatic rings. The van der Waals surface area contributed by atoms with Gasteiger partial charge >= 0.3 is 0 Å². The molecule has 8 heteroatoms. The van der Waals surface area contributed by atoms with Gasteiger partial charge in [-0.1, -0.05) is 12.1 Å². The molecule has 1 amide bonds. The molecule has 2 atom stereocenters. The van der Waals surface area contributed by atoms with Crippen molar-refractivity contribution >= 4 is 5.91 Å². The number of halogens is 1. The molecule has 2 aromatic rings. The molecule has 1 saturated carbocycles. The van der Waals surface area contributed by atoms with Crippen LogP contribution in [0.2, 0.25) is 0 Å². The molecule has 148 valence electrons. The fourth-order valence-electron chi connectivity index (χ4n) is 3.78. The van der Waals surface area contributed by atoms with Crippen molar-refractivity contribution in [3.63, 3.8) is 0 Å². The first-order chi connectivity index (χ1) is 13.6. The van der Waals surface area contributed by atoms with E-state index in [0.717, 1.165) is 25.8 Å². The van der Waals surface area contributed by atoms with E-state index in [1.165, 1.54) is 36.4 Å². The summed E-state index contributed by atoms with van der Waals surface area (Å²) in [5.74, 6) is 0.266. The first kappa shape index (κ1) is 18.9. The Morgan fingerprint density at radius 3 is 2.57 bits per heavy atom. The number of carbonyl (C=O) groups excluding carboxylic acids is 1. The lowest BCUT2D eigenvalue weighted by Crippen LogP contribution is -2.49. The van der Waals surface area contributed by atoms with E-state index in [1.54, 1.807) is 5.01 Å². The summed E-state index contributed by atoms with van der Waals surface area (Å²) < 4.78 is 13.0. The molecule has 1 saturated heterocycles. The van der Waals surface area contributed by atoms with E-state index in [-0.39, 0.29) is 11.4 Å². The molecule has 2 N–H and O–H groups in total. The lowest BCUT2D eigenvalue weighted by atomic mass is 9.97. The van der Waals surface area contributed by atoms with E-state index in [1.807, 2.05) is 12.1 Å². The van der Waals surface area contributed by atoms with Crippen molar-refractivity contribution in [1.82, 2.24) is 25.5 Å². The van der Waals surface area contributed by atoms with Gasteiger partial charge in [-0.3, -0.25) is 10.0 Å². The maximum Gasteiger partial charge on any atom is 0.295 e. The first-order valence-corrected chi connectivity index (χ1v) is 9.64. The van der Waals surface area contributed by atoms with Crippen molar-refractivity contribution < 1.29 is 14.4 Å². The first-order valence-electron chi connectivity index (χ1n) is 9.64. The summed E-state index contributed by atoms with van der Waals surface area (Å²) in [7, 11) is 0. The van der Waals surface area contributed by atoms with Crippen molar-refractivity contribution in [2.24, 2.45) is 5.92 Å². The second-order valence-electron chi connectivity index (χ2n) is 7.53. The molecule has 1 aliphatic heterocycles. The Bertz CT molecular complexity index is 796. The van der Waals surface area contributed by atoms with Gasteiger partial charge in [0.15, 0.2) is 0 Å². The van der Waals surface area contributed by atoms with Crippen LogP contribution >= 0.6 is 0 Å². The zero-order valence-electron chi connectivity index (χ0n) is 15.5. The molecule has 0 bridgehead atoms. The third kappa shape index (κ3) is 4.35. The van der Waals surface area contributed by atoms with Crippen molar-refractivity contribution in [3.8, 4) is 0 Å². The quantitative estimate of drug-likeness (QED) is 0.586. The largest absolute Gasteiger partial charge is 0.313 e. The van der Waals surface area contributed by atoms with E-state index in [9.17, 15) is 14.4 Å². The summed E-state index contributed by atoms with van der Waals surface area (Å²) in [4.78, 5) is 19.9. The molecule has 0 radical (unpaired) electrons. The molecule has 0 spiro atoms. The van der Waals surface area contributed by atoms with Crippen LogP contribution in [-0.2, 0) is 0 Å². The molecular formula is C20H24FN5O2. The number of benzene rings is 1. The molecule has 7 nitrogen and oxygen atoms in total. The minimum Gasteiger partial charge on any atom is -0.313 e. The number of aromatic nitrogens is 2. The van der Waals surface area contributed by atoms with Gasteiger partial charge in [0.2, 0.25) is 0 Å². The molecule has 1 aromatic carbocycles. The third-order valence-corrected chi connectivity index (χ3v) is 5.61. The van der Waals surface area contributed by atoms with Crippen molar-refractivity contribution in [1.29, 1.82) is 0 Å². The van der Waals surface area contributed by atoms with Crippen molar-refractivity contribution in [2.45, 2.75) is 31.2 Å². The van der Waals surface area contributed by atoms with Crippen molar-refractivity contribution in [3.05, 3.63) is 59.9 Å². The topological polar surface area (TPSA) is 81.6 Å². The van der Waals surface area contributed by atoms with Crippen LogP contribution in [0.1, 0.15) is 41.1 Å². The van der Waals surface area contributed by atoms with E-state index in [2.05, 4.69) is 15.3 Å². The second-order valence-corrected chi connectivity index (χ2v) is 7.53. The van der Waals surface area contributed by atoms with Crippen LogP contribution in [0.25, 0.3) is 0 Å². The second kappa shape index (κ2) is 8.30. The predicted molar refractivity (Wildman–Crippen MR) is 99.8 cm³/mol. The summed E-state index contributed by atoms with van der Waals surface area (Å²) in [5, 5.41) is 16.2. The van der Waals surface area contributed by atoms with Crippen LogP contribution < -0.4 is 5.32 Å². The molecule has 28 heavy (non-hydrogen) atoms. The average Bonchev–Trinajstić information content (AvgIpc) is 3.52. The zero-order valence-corrected chi connectivity index (χ0v) is 15.5. The Balaban J connectivity index is 1.20. The maximum absolute atomic E-state index is 13.0. The summed E-state index contributed by atoms with van der Waals surface area (Å²) in [6.07, 6.45) is 7.01. The molecule has 2 fully saturated rings. The smallest absolute Gasteiger partial charge is 0.295 e. The number of hydroxylamine groups is 1. The molecular weight excluding hydrogens is 361 g/mol. The van der Waals surface area contributed by atoms with Crippen LogP contribution in [0.4, 0.5) is 4.39 Å². The summed E-state index contributed by atoms with van der Waals surface area (Å²) in [6.45, 7) is 2.16. The molecule has 1 aromatic heterocycles. The lowest BCUT2D eigenvalue weighted by molar-refractivity contribution is -0.210. The Morgan fingerprint density at radius 1 is 1.21 bits per heavy atom. The van der Waals surface area contributed by atoms with Gasteiger partial charge in [-0.25, -0.2) is 14.4 Å². The van der Waals surface area contributed by atoms with E-state index in [4.69, 9.17) is 0 Å². The Morgan fingerprint density at radius 2 is 1.89 bits per heavy atom. The van der Waals surface area contributed by atoms with Crippen LogP contribution in [0.3, 0.4) is 0 Å². The highest BCUT2D eigenvalue weighted by Gasteiger charge is 2.38. The third-order valence-electron chi connectivity index (χ3n) is 5.61. The molecule has 4 rings (SSSR count). The molecule has 2 unspecified atom stereocenters. The SMILES string of the molecule is O=C(c1cncnc1)N(O)N1CCC(CNC2CC2c2ccc(F)cc2)CC1. The number of piperidine rings is 1. The number of nitrogens with zero attached hydrogens (tertiary/aromatic N) is 4. The average molecular weight is 385 g/mol. The van der Waals surface area contributed by atoms with Crippen molar-refractivity contribution in [2.75, 3.05) is 19.6 Å². The normalized spacial score (nSPS) is 22.8. The minimum atomic E-state index is -0.516. The monoisotopic (exact) mass is 385 g/mol. The van der Waals surface area contributed by atoms with Gasteiger partial charge in [0, 0.05) is 37.4 Å². The van der Waals surface area contributed by atoms with Crippen LogP contribution in [0, 0.1) is 11.7 Å². The number of hydrazine groups is 1. The Labute approximate surface area is 163 Å². The lowest BCUT2D eigenvalue weighted by Gasteiger charge is -2.35. The summed E-state index contributed by atoms with van der Waals surface area (Å²) in [6, 6.07) is 7.22. The number of hydrogen-bond acceptors (Lipinski definition) is 6. The Hall–Kier alpha value is -2.42. The number of hydrogen-bond donors (Lipinski definition) is 2. The van der Waals surface area contributed by atoms with Gasteiger partial charge in [0.05, 0.1) is 5.56 Å². The number of amides is 1. The van der Waals surface area contributed by atoms with Crippen LogP contribution in [0.15, 0.2) is 43.0 Å². The van der Waals surface area contributed by atoms with Gasteiger partial charge < -0.3 is 5.32 Å². The predicted octanol–water partition coefficient (Wildman–Crippen LogP) is 2.22. The summed E-state index contributed by atoms with van der Waals surface area (Å²) in [5.41, 5.74) is 1.45. The molecule has 2 heterocycles. The van der Waals surface area contributed by atoms with E-state index >= 15 is 0 Å². The number of nitrogens with one attached hydrogen (secondary N) is 1. The van der Waals surface area contributed by atoms with Crippen LogP contribution in [0.5, 0.6) is 0 Å². The standard InChI is InChI=1S/C20H24FN5O2/c21-17-3-1-15(2-4-17)18-9-19(18)24-10-14-5-7-25(8-6-14)26(28)20(27)16-11-22-13-23-12-16/h1-4,11-14,18-19,24,28H,5-10H2. The molecule has 1 aliphatic carbocycles. The maximum atomic E-state index is 13.0.